The van der Waals surface area contributed by atoms with Gasteiger partial charge in [-0.3, -0.25) is 38.6 Å². The summed E-state index contributed by atoms with van der Waals surface area (Å²) in [5.41, 5.74) is 0. The number of carbonyl (C=O) groups excluding carboxylic acids is 5. The van der Waals surface area contributed by atoms with E-state index in [1.807, 2.05) is 0 Å². The first-order valence-corrected chi connectivity index (χ1v) is 27.1. The summed E-state index contributed by atoms with van der Waals surface area (Å²) >= 11 is 0. The van der Waals surface area contributed by atoms with Gasteiger partial charge in [0.05, 0.1) is 91.5 Å². The van der Waals surface area contributed by atoms with Gasteiger partial charge in [-0.05, 0) is 6.42 Å². The fourth-order valence-corrected chi connectivity index (χ4v) is 8.97. The van der Waals surface area contributed by atoms with E-state index in [1.54, 1.807) is 0 Å². The Morgan fingerprint density at radius 3 is 0.941 bits per heavy atom. The molecule has 38 nitrogen and oxygen atoms in total. The van der Waals surface area contributed by atoms with Crippen LogP contribution in [-0.4, -0.2) is 379 Å². The van der Waals surface area contributed by atoms with Gasteiger partial charge in [-0.1, -0.05) is 0 Å². The van der Waals surface area contributed by atoms with E-state index < -0.39 is 256 Å². The van der Waals surface area contributed by atoms with Gasteiger partial charge < -0.3 is 151 Å². The third-order valence-corrected chi connectivity index (χ3v) is 13.7. The van der Waals surface area contributed by atoms with E-state index in [0.717, 1.165) is 4.90 Å². The summed E-state index contributed by atoms with van der Waals surface area (Å²) in [5, 5.41) is 182. The molecular formula is C47H83N7O31. The van der Waals surface area contributed by atoms with Gasteiger partial charge >= 0.3 is 5.97 Å². The molecule has 22 N–H and O–H groups in total. The third kappa shape index (κ3) is 22.4. The van der Waals surface area contributed by atoms with Gasteiger partial charge in [0.2, 0.25) is 29.5 Å². The summed E-state index contributed by atoms with van der Waals surface area (Å²) in [6.45, 7) is -9.82. The van der Waals surface area contributed by atoms with Crippen molar-refractivity contribution in [2.45, 2.75) is 142 Å². The van der Waals surface area contributed by atoms with Crippen LogP contribution >= 0.6 is 0 Å². The van der Waals surface area contributed by atoms with E-state index in [4.69, 9.17) is 37.9 Å². The Morgan fingerprint density at radius 1 is 0.388 bits per heavy atom. The summed E-state index contributed by atoms with van der Waals surface area (Å²) in [7, 11) is 0. The molecule has 4 rings (SSSR count). The molecule has 0 aromatic heterocycles. The molecule has 0 spiro atoms. The monoisotopic (exact) mass is 1240 g/mol. The third-order valence-electron chi connectivity index (χ3n) is 13.7. The molecule has 21 atom stereocenters. The minimum absolute atomic E-state index is 0.309. The second kappa shape index (κ2) is 36.9. The van der Waals surface area contributed by atoms with Gasteiger partial charge in [-0.2, -0.15) is 0 Å². The molecular weight excluding hydrogens is 1160 g/mol. The largest absolute Gasteiger partial charge is 0.481 e. The smallest absolute Gasteiger partial charge is 0.305 e. The maximum Gasteiger partial charge on any atom is 0.305 e. The molecule has 0 bridgehead atoms. The predicted molar refractivity (Wildman–Crippen MR) is 273 cm³/mol. The van der Waals surface area contributed by atoms with Crippen LogP contribution in [-0.2, 0) is 66.7 Å². The molecule has 0 aromatic rings. The van der Waals surface area contributed by atoms with E-state index in [1.165, 1.54) is 4.90 Å². The van der Waals surface area contributed by atoms with Crippen LogP contribution in [0.4, 0.5) is 0 Å². The van der Waals surface area contributed by atoms with Gasteiger partial charge in [0.25, 0.3) is 0 Å². The SMILES string of the molecule is O=C(O)CCNC(=O)C(CCN(CC(=O)NCCO[C@H]1O[C@H](CO)[C@@H](O)[C@H](O)[C@@H]1O)CC(=O)NCCO[C@H]1O[C@H](CO)[C@@H](O)[C@H](O)[C@@H]1O)N(CC(=O)NCCO[C@H]1O[C@H](CO)[C@@H](O)[C@H](O)[C@@H]1O)CC(=O)NCCO[C@@H]1O[C@@H](CO)[C@H](O)[C@@H](O)[C@H]1O. The van der Waals surface area contributed by atoms with Crippen LogP contribution in [0.1, 0.15) is 12.8 Å². The standard InChI is InChI=1S/C47H83N7O31/c55-17-22-31(65)35(69)39(73)44(82-22)78-9-4-48-26(59)13-53(14-27(60)49-5-10-79-45-40(74)36(70)32(66)23(18-56)83-45)8-2-21(43(77)52-3-1-30(63)64)54(15-28(61)50-6-11-80-46-41(75)37(71)33(67)24(19-57)84-46)16-29(62)51-7-12-81-47-42(76)38(72)34(68)25(20-58)85-47/h21-25,31-42,44-47,55-58,65-76H,1-20H2,(H,48,59)(H,49,60)(H,50,61)(H,51,62)(H,52,77)(H,63,64)/t21?,22-,23-,24-,25+,31-,32-,33-,34+,35+,36+,37+,38-,39+,40+,41+,42-,44+,45+,46+,47-/m1/s1. The van der Waals surface area contributed by atoms with Gasteiger partial charge in [0.1, 0.15) is 97.7 Å². The average Bonchev–Trinajstić information content (AvgIpc) is 3.42. The van der Waals surface area contributed by atoms with E-state index in [-0.39, 0.29) is 39.4 Å². The Balaban J connectivity index is 1.54. The Labute approximate surface area is 484 Å². The van der Waals surface area contributed by atoms with E-state index in [2.05, 4.69) is 26.6 Å². The van der Waals surface area contributed by atoms with Crippen molar-refractivity contribution in [2.24, 2.45) is 0 Å². The minimum Gasteiger partial charge on any atom is -0.481 e. The van der Waals surface area contributed by atoms with Crippen molar-refractivity contribution in [1.29, 1.82) is 0 Å². The first-order valence-electron chi connectivity index (χ1n) is 27.1. The van der Waals surface area contributed by atoms with Crippen molar-refractivity contribution in [3.05, 3.63) is 0 Å². The molecule has 38 heteroatoms. The number of nitrogens with one attached hydrogen (secondary N) is 5. The number of carboxylic acid groups (broad SMARTS) is 1. The molecule has 4 heterocycles. The number of aliphatic hydroxyl groups excluding tert-OH is 16. The number of nitrogens with zero attached hydrogens (tertiary/aromatic N) is 2. The van der Waals surface area contributed by atoms with Crippen LogP contribution in [0.15, 0.2) is 0 Å². The molecule has 1 unspecified atom stereocenters. The quantitative estimate of drug-likeness (QED) is 0.0259. The van der Waals surface area contributed by atoms with E-state index >= 15 is 0 Å². The molecule has 492 valence electrons. The maximum absolute atomic E-state index is 14.1. The zero-order valence-corrected chi connectivity index (χ0v) is 46.0. The number of aliphatic hydroxyl groups is 16. The summed E-state index contributed by atoms with van der Waals surface area (Å²) in [6, 6.07) is -1.60. The van der Waals surface area contributed by atoms with Crippen LogP contribution < -0.4 is 26.6 Å². The van der Waals surface area contributed by atoms with Crippen LogP contribution in [0, 0.1) is 0 Å². The van der Waals surface area contributed by atoms with Gasteiger partial charge in [0.15, 0.2) is 25.2 Å². The lowest BCUT2D eigenvalue weighted by Crippen LogP contribution is -2.59. The summed E-state index contributed by atoms with van der Waals surface area (Å²) in [5.74, 6) is -5.69. The van der Waals surface area contributed by atoms with Crippen LogP contribution in [0.25, 0.3) is 0 Å². The first kappa shape index (κ1) is 73.3. The topological polar surface area (TPSA) is 587 Å². The molecule has 4 fully saturated rings. The zero-order valence-electron chi connectivity index (χ0n) is 46.0. The number of hydrogen-bond donors (Lipinski definition) is 22. The highest BCUT2D eigenvalue weighted by Gasteiger charge is 2.47. The van der Waals surface area contributed by atoms with Crippen molar-refractivity contribution in [1.82, 2.24) is 36.4 Å². The predicted octanol–water partition coefficient (Wildman–Crippen LogP) is -15.3. The lowest BCUT2D eigenvalue weighted by Gasteiger charge is -2.39. The van der Waals surface area contributed by atoms with Crippen LogP contribution in [0.5, 0.6) is 0 Å². The normalized spacial score (nSPS) is 33.7. The number of carboxylic acids is 1. The van der Waals surface area contributed by atoms with Crippen molar-refractivity contribution in [3.8, 4) is 0 Å². The lowest BCUT2D eigenvalue weighted by molar-refractivity contribution is -0.300. The number of aliphatic carboxylic acids is 1. The van der Waals surface area contributed by atoms with Crippen LogP contribution in [0.3, 0.4) is 0 Å². The van der Waals surface area contributed by atoms with Crippen LogP contribution in [0.2, 0.25) is 0 Å². The van der Waals surface area contributed by atoms with Gasteiger partial charge in [-0.15, -0.1) is 0 Å². The average molecular weight is 1240 g/mol. The maximum atomic E-state index is 14.1. The van der Waals surface area contributed by atoms with Gasteiger partial charge in [0, 0.05) is 39.3 Å². The van der Waals surface area contributed by atoms with Gasteiger partial charge in [-0.25, -0.2) is 0 Å². The Kier molecular flexibility index (Phi) is 31.8. The molecule has 5 amide bonds. The number of rotatable bonds is 36. The highest BCUT2D eigenvalue weighted by molar-refractivity contribution is 5.86. The Bertz CT molecular complexity index is 1920. The first-order chi connectivity index (χ1) is 40.4. The number of amides is 5. The molecule has 4 aliphatic rings. The minimum atomic E-state index is -1.79. The molecule has 85 heavy (non-hydrogen) atoms. The fourth-order valence-electron chi connectivity index (χ4n) is 8.97. The summed E-state index contributed by atoms with van der Waals surface area (Å²) < 4.78 is 42.9. The molecule has 0 aromatic carbocycles. The molecule has 4 aliphatic heterocycles. The number of hydrogen-bond acceptors (Lipinski definition) is 32. The molecule has 0 saturated carbocycles. The van der Waals surface area contributed by atoms with Crippen molar-refractivity contribution in [3.63, 3.8) is 0 Å². The fraction of sp³-hybridized carbons (Fsp3) is 0.872. The van der Waals surface area contributed by atoms with Crippen molar-refractivity contribution >= 4 is 35.5 Å². The summed E-state index contributed by atoms with van der Waals surface area (Å²) in [4.78, 5) is 82.3. The Morgan fingerprint density at radius 2 is 0.671 bits per heavy atom. The molecule has 0 radical (unpaired) electrons. The van der Waals surface area contributed by atoms with Crippen molar-refractivity contribution < 1.29 is 153 Å². The van der Waals surface area contributed by atoms with Crippen molar-refractivity contribution in [2.75, 3.05) is 118 Å². The highest BCUT2D eigenvalue weighted by Crippen LogP contribution is 2.25. The molecule has 4 saturated heterocycles. The number of carbonyl (C=O) groups is 6. The highest BCUT2D eigenvalue weighted by atomic mass is 16.7. The Hall–Kier alpha value is -4.22. The summed E-state index contributed by atoms with van der Waals surface area (Å²) in [6.07, 6.45) is -33.6. The second-order valence-corrected chi connectivity index (χ2v) is 20.0. The van der Waals surface area contributed by atoms with E-state index in [9.17, 15) is 116 Å². The zero-order chi connectivity index (χ0) is 63.1. The second-order valence-electron chi connectivity index (χ2n) is 20.0. The molecule has 0 aliphatic carbocycles. The van der Waals surface area contributed by atoms with E-state index in [0.29, 0.717) is 0 Å². The lowest BCUT2D eigenvalue weighted by atomic mass is 9.99. The number of ether oxygens (including phenoxy) is 8.